The van der Waals surface area contributed by atoms with Crippen molar-refractivity contribution in [3.8, 4) is 0 Å². The number of hydrazine groups is 2. The van der Waals surface area contributed by atoms with Gasteiger partial charge in [-0.2, -0.15) is 0 Å². The van der Waals surface area contributed by atoms with Crippen LogP contribution in [0.5, 0.6) is 0 Å². The maximum atomic E-state index is 4.98. The second-order valence-electron chi connectivity index (χ2n) is 1.63. The van der Waals surface area contributed by atoms with Gasteiger partial charge in [0.05, 0.1) is 13.2 Å². The lowest BCUT2D eigenvalue weighted by Crippen LogP contribution is -2.35. The molecule has 0 aliphatic rings. The Kier molecular flexibility index (Phi) is 6.18. The third kappa shape index (κ3) is 6.07. The average Bonchev–Trinajstić information content (AvgIpc) is 2.04. The van der Waals surface area contributed by atoms with Gasteiger partial charge < -0.3 is 15.6 Å². The summed E-state index contributed by atoms with van der Waals surface area (Å²) >= 11 is 9.37. The molecule has 0 aliphatic carbocycles. The Morgan fingerprint density at radius 3 is 1.73 bits per heavy atom. The Morgan fingerprint density at radius 2 is 1.45 bits per heavy atom. The molecule has 0 aromatic rings. The molecule has 7 heteroatoms. The molecule has 0 atom stereocenters. The van der Waals surface area contributed by atoms with Crippen molar-refractivity contribution in [3.63, 3.8) is 0 Å². The molecule has 0 aromatic carbocycles. The first kappa shape index (κ1) is 10.7. The lowest BCUT2D eigenvalue weighted by atomic mass is 10.6. The molecule has 0 bridgehead atoms. The smallest absolute Gasteiger partial charge is 0.115 e. The second-order valence-corrected chi connectivity index (χ2v) is 2.61. The van der Waals surface area contributed by atoms with Gasteiger partial charge >= 0.3 is 0 Å². The van der Waals surface area contributed by atoms with Crippen LogP contribution >= 0.6 is 24.4 Å². The van der Waals surface area contributed by atoms with Crippen LogP contribution < -0.4 is 22.5 Å². The molecule has 11 heavy (non-hydrogen) atoms. The molecule has 0 heterocycles. The van der Waals surface area contributed by atoms with Gasteiger partial charge in [-0.3, -0.25) is 0 Å². The number of ether oxygens (including phenoxy) is 1. The quantitative estimate of drug-likeness (QED) is 0.248. The third-order valence-corrected chi connectivity index (χ3v) is 1.26. The van der Waals surface area contributed by atoms with E-state index in [1.54, 1.807) is 0 Å². The van der Waals surface area contributed by atoms with Gasteiger partial charge in [0, 0.05) is 0 Å². The van der Waals surface area contributed by atoms with E-state index < -0.39 is 0 Å². The Morgan fingerprint density at radius 1 is 1.09 bits per heavy atom. The van der Waals surface area contributed by atoms with E-state index in [1.165, 1.54) is 0 Å². The molecule has 0 saturated heterocycles. The predicted octanol–water partition coefficient (Wildman–Crippen LogP) is -1.42. The number of nitrogens with one attached hydrogen (secondary N) is 2. The fourth-order valence-electron chi connectivity index (χ4n) is 0.320. The average molecular weight is 194 g/mol. The largest absolute Gasteiger partial charge is 0.367 e. The molecular formula is C4H10N4OS2. The summed E-state index contributed by atoms with van der Waals surface area (Å²) in [6, 6.07) is 0. The monoisotopic (exact) mass is 194 g/mol. The number of nitrogens with two attached hydrogens (primary N) is 2. The molecule has 6 N–H and O–H groups in total. The molecule has 0 aliphatic heterocycles. The van der Waals surface area contributed by atoms with E-state index in [1.807, 2.05) is 0 Å². The minimum Gasteiger partial charge on any atom is -0.367 e. The van der Waals surface area contributed by atoms with Crippen LogP contribution in [-0.2, 0) is 4.74 Å². The predicted molar refractivity (Wildman–Crippen MR) is 50.7 cm³/mol. The molecule has 5 nitrogen and oxygen atoms in total. The van der Waals surface area contributed by atoms with Gasteiger partial charge in [0.2, 0.25) is 0 Å². The standard InChI is InChI=1S/C4H10N4OS2/c5-7-3(10)1-9-2-4(11)8-6/h1-2,5-6H2,(H,7,10)(H,8,11). The van der Waals surface area contributed by atoms with Gasteiger partial charge in [0.15, 0.2) is 0 Å². The molecular weight excluding hydrogens is 184 g/mol. The topological polar surface area (TPSA) is 85.3 Å². The Labute approximate surface area is 75.4 Å². The highest BCUT2D eigenvalue weighted by Crippen LogP contribution is 1.78. The van der Waals surface area contributed by atoms with Gasteiger partial charge in [-0.1, -0.05) is 24.4 Å². The fraction of sp³-hybridized carbons (Fsp3) is 0.500. The Bertz CT molecular complexity index is 135. The summed E-state index contributed by atoms with van der Waals surface area (Å²) in [5, 5.41) is 0. The van der Waals surface area contributed by atoms with Gasteiger partial charge in [0.25, 0.3) is 0 Å². The summed E-state index contributed by atoms with van der Waals surface area (Å²) < 4.78 is 4.97. The molecule has 0 aromatic heterocycles. The van der Waals surface area contributed by atoms with Gasteiger partial charge in [-0.25, -0.2) is 11.7 Å². The first-order valence-electron chi connectivity index (χ1n) is 2.77. The minimum absolute atomic E-state index is 0.244. The highest BCUT2D eigenvalue weighted by molar-refractivity contribution is 7.80. The van der Waals surface area contributed by atoms with Crippen LogP contribution in [0.2, 0.25) is 0 Å². The van der Waals surface area contributed by atoms with Crippen molar-refractivity contribution in [2.75, 3.05) is 13.2 Å². The fourth-order valence-corrected chi connectivity index (χ4v) is 0.486. The minimum atomic E-state index is 0.244. The highest BCUT2D eigenvalue weighted by atomic mass is 32.1. The van der Waals surface area contributed by atoms with Crippen LogP contribution in [0.4, 0.5) is 0 Å². The molecule has 64 valence electrons. The van der Waals surface area contributed by atoms with Crippen LogP contribution in [-0.4, -0.2) is 23.2 Å². The third-order valence-electron chi connectivity index (χ3n) is 0.788. The van der Waals surface area contributed by atoms with Gasteiger partial charge in [-0.05, 0) is 0 Å². The van der Waals surface area contributed by atoms with E-state index in [0.29, 0.717) is 9.98 Å². The summed E-state index contributed by atoms with van der Waals surface area (Å²) in [6.07, 6.45) is 0. The zero-order chi connectivity index (χ0) is 8.69. The molecule has 0 radical (unpaired) electrons. The molecule has 0 rings (SSSR count). The van der Waals surface area contributed by atoms with Gasteiger partial charge in [-0.15, -0.1) is 0 Å². The van der Waals surface area contributed by atoms with Crippen molar-refractivity contribution in [2.45, 2.75) is 0 Å². The zero-order valence-corrected chi connectivity index (χ0v) is 7.43. The lowest BCUT2D eigenvalue weighted by Gasteiger charge is -2.04. The van der Waals surface area contributed by atoms with Crippen molar-refractivity contribution in [3.05, 3.63) is 0 Å². The number of rotatable bonds is 4. The number of hydrogen-bond acceptors (Lipinski definition) is 5. The zero-order valence-electron chi connectivity index (χ0n) is 5.79. The van der Waals surface area contributed by atoms with E-state index in [9.17, 15) is 0 Å². The summed E-state index contributed by atoms with van der Waals surface area (Å²) in [5.41, 5.74) is 4.54. The van der Waals surface area contributed by atoms with Crippen molar-refractivity contribution >= 4 is 34.4 Å². The summed E-state index contributed by atoms with van der Waals surface area (Å²) in [4.78, 5) is 0.842. The summed E-state index contributed by atoms with van der Waals surface area (Å²) in [5.74, 6) is 9.95. The highest BCUT2D eigenvalue weighted by Gasteiger charge is 1.95. The molecule has 0 amide bonds. The molecule has 0 unspecified atom stereocenters. The van der Waals surface area contributed by atoms with Crippen LogP contribution in [0.1, 0.15) is 0 Å². The number of hydrogen-bond donors (Lipinski definition) is 4. The summed E-state index contributed by atoms with van der Waals surface area (Å²) in [6.45, 7) is 0.487. The molecule has 0 fully saturated rings. The first-order valence-corrected chi connectivity index (χ1v) is 3.59. The van der Waals surface area contributed by atoms with E-state index in [4.69, 9.17) is 16.4 Å². The van der Waals surface area contributed by atoms with Crippen molar-refractivity contribution in [1.29, 1.82) is 0 Å². The second kappa shape index (κ2) is 6.38. The summed E-state index contributed by atoms with van der Waals surface area (Å²) in [7, 11) is 0. The normalized spacial score (nSPS) is 8.91. The van der Waals surface area contributed by atoms with Crippen LogP contribution in [0.25, 0.3) is 0 Å². The first-order chi connectivity index (χ1) is 5.20. The SMILES string of the molecule is NNC(=S)COCC(=S)NN. The lowest BCUT2D eigenvalue weighted by molar-refractivity contribution is 0.213. The van der Waals surface area contributed by atoms with Crippen molar-refractivity contribution in [2.24, 2.45) is 11.7 Å². The van der Waals surface area contributed by atoms with Crippen LogP contribution in [0.15, 0.2) is 0 Å². The Balaban J connectivity index is 3.27. The van der Waals surface area contributed by atoms with E-state index in [0.717, 1.165) is 0 Å². The molecule has 0 spiro atoms. The van der Waals surface area contributed by atoms with Crippen LogP contribution in [0.3, 0.4) is 0 Å². The number of thiocarbonyl (C=S) groups is 2. The van der Waals surface area contributed by atoms with E-state index >= 15 is 0 Å². The van der Waals surface area contributed by atoms with Crippen molar-refractivity contribution in [1.82, 2.24) is 10.9 Å². The maximum absolute atomic E-state index is 4.98. The van der Waals surface area contributed by atoms with Crippen molar-refractivity contribution < 1.29 is 4.74 Å². The van der Waals surface area contributed by atoms with E-state index in [2.05, 4.69) is 35.3 Å². The van der Waals surface area contributed by atoms with Gasteiger partial charge in [0.1, 0.15) is 9.98 Å². The van der Waals surface area contributed by atoms with Crippen LogP contribution in [0, 0.1) is 0 Å². The maximum Gasteiger partial charge on any atom is 0.115 e. The molecule has 0 saturated carbocycles. The van der Waals surface area contributed by atoms with E-state index in [-0.39, 0.29) is 13.2 Å². The Hall–Kier alpha value is -0.340.